The van der Waals surface area contributed by atoms with E-state index >= 15 is 0 Å². The van der Waals surface area contributed by atoms with Crippen molar-refractivity contribution in [3.63, 3.8) is 0 Å². The van der Waals surface area contributed by atoms with Gasteiger partial charge in [0.2, 0.25) is 0 Å². The van der Waals surface area contributed by atoms with Gasteiger partial charge in [-0.2, -0.15) is 0 Å². The van der Waals surface area contributed by atoms with Crippen LogP contribution in [0.3, 0.4) is 0 Å². The number of hydrogen-bond donors (Lipinski definition) is 0. The first kappa shape index (κ1) is 8.25. The van der Waals surface area contributed by atoms with Gasteiger partial charge in [0.05, 0.1) is 0 Å². The minimum atomic E-state index is 0.686. The normalized spacial score (nSPS) is 8.75. The molecule has 0 bridgehead atoms. The van der Waals surface area contributed by atoms with Crippen LogP contribution in [-0.4, -0.2) is 0 Å². The number of rotatable bonds is 3. The molecule has 2 heteroatoms. The molecule has 0 atom stereocenters. The molecule has 0 aliphatic rings. The Bertz CT molecular complexity index is 93.1. The fourth-order valence-electron chi connectivity index (χ4n) is 0.271. The van der Waals surface area contributed by atoms with Crippen molar-refractivity contribution in [2.75, 3.05) is 0 Å². The van der Waals surface area contributed by atoms with Gasteiger partial charge in [0.25, 0.3) is 0 Å². The van der Waals surface area contributed by atoms with Crippen molar-refractivity contribution in [2.24, 2.45) is 0 Å². The summed E-state index contributed by atoms with van der Waals surface area (Å²) in [5.74, 6) is 0. The van der Waals surface area contributed by atoms with E-state index in [1.54, 1.807) is 0 Å². The smallest absolute Gasteiger partial charge is 0.0112 e. The van der Waals surface area contributed by atoms with Crippen molar-refractivity contribution >= 4 is 27.5 Å². The molecule has 46 valence electrons. The first-order valence-corrected chi connectivity index (χ1v) is 3.46. The lowest BCUT2D eigenvalue weighted by Crippen LogP contribution is -1.70. The van der Waals surface area contributed by atoms with Gasteiger partial charge in [0.15, 0.2) is 0 Å². The molecular formula is C6H8BrCl. The molecular weight excluding hydrogens is 187 g/mol. The van der Waals surface area contributed by atoms with E-state index < -0.39 is 0 Å². The fourth-order valence-corrected chi connectivity index (χ4v) is 0.564. The second-order valence-electron chi connectivity index (χ2n) is 1.53. The quantitative estimate of drug-likeness (QED) is 0.647. The zero-order valence-corrected chi connectivity index (χ0v) is 6.93. The van der Waals surface area contributed by atoms with Crippen LogP contribution in [0.4, 0.5) is 0 Å². The minimum Gasteiger partial charge on any atom is -0.0898 e. The van der Waals surface area contributed by atoms with Gasteiger partial charge >= 0.3 is 0 Å². The van der Waals surface area contributed by atoms with Crippen LogP contribution in [0.15, 0.2) is 22.7 Å². The van der Waals surface area contributed by atoms with Gasteiger partial charge in [-0.15, -0.1) is 0 Å². The summed E-state index contributed by atoms with van der Waals surface area (Å²) in [6.45, 7) is 7.17. The Labute approximate surface area is 63.4 Å². The second kappa shape index (κ2) is 4.16. The lowest BCUT2D eigenvalue weighted by molar-refractivity contribution is 1.03. The molecule has 0 aromatic carbocycles. The summed E-state index contributed by atoms with van der Waals surface area (Å²) in [7, 11) is 0. The Morgan fingerprint density at radius 3 is 2.00 bits per heavy atom. The van der Waals surface area contributed by atoms with E-state index in [2.05, 4.69) is 29.1 Å². The first-order valence-electron chi connectivity index (χ1n) is 2.29. The molecule has 0 radical (unpaired) electrons. The molecule has 0 aliphatic carbocycles. The summed E-state index contributed by atoms with van der Waals surface area (Å²) >= 11 is 8.67. The van der Waals surface area contributed by atoms with Crippen LogP contribution in [0.5, 0.6) is 0 Å². The molecule has 0 rings (SSSR count). The third kappa shape index (κ3) is 6.25. The third-order valence-electron chi connectivity index (χ3n) is 0.668. The average molecular weight is 195 g/mol. The first-order chi connectivity index (χ1) is 3.63. The Morgan fingerprint density at radius 2 is 1.88 bits per heavy atom. The van der Waals surface area contributed by atoms with Crippen molar-refractivity contribution < 1.29 is 0 Å². The highest BCUT2D eigenvalue weighted by Gasteiger charge is 1.89. The van der Waals surface area contributed by atoms with E-state index in [9.17, 15) is 0 Å². The highest BCUT2D eigenvalue weighted by molar-refractivity contribution is 9.11. The molecule has 0 fully saturated rings. The van der Waals surface area contributed by atoms with Crippen LogP contribution in [0, 0.1) is 0 Å². The van der Waals surface area contributed by atoms with Crippen molar-refractivity contribution in [3.8, 4) is 0 Å². The van der Waals surface area contributed by atoms with E-state index in [4.69, 9.17) is 11.6 Å². The van der Waals surface area contributed by atoms with Crippen LogP contribution >= 0.6 is 27.5 Å². The Balaban J connectivity index is 3.18. The van der Waals surface area contributed by atoms with E-state index in [0.717, 1.165) is 17.3 Å². The number of allylic oxidation sites excluding steroid dienone is 2. The van der Waals surface area contributed by atoms with E-state index in [1.165, 1.54) is 0 Å². The molecule has 0 aromatic heterocycles. The molecule has 0 spiro atoms. The summed E-state index contributed by atoms with van der Waals surface area (Å²) in [5, 5.41) is 0.686. The van der Waals surface area contributed by atoms with Gasteiger partial charge in [0, 0.05) is 5.03 Å². The van der Waals surface area contributed by atoms with Crippen LogP contribution in [-0.2, 0) is 0 Å². The van der Waals surface area contributed by atoms with Crippen molar-refractivity contribution in [1.29, 1.82) is 0 Å². The van der Waals surface area contributed by atoms with E-state index in [0.29, 0.717) is 5.03 Å². The highest BCUT2D eigenvalue weighted by atomic mass is 79.9. The van der Waals surface area contributed by atoms with Crippen LogP contribution in [0.1, 0.15) is 12.8 Å². The average Bonchev–Trinajstić information content (AvgIpc) is 1.61. The van der Waals surface area contributed by atoms with Crippen LogP contribution < -0.4 is 0 Å². The fraction of sp³-hybridized carbons (Fsp3) is 0.333. The van der Waals surface area contributed by atoms with Gasteiger partial charge in [-0.25, -0.2) is 0 Å². The minimum absolute atomic E-state index is 0.686. The number of halogens is 2. The zero-order chi connectivity index (χ0) is 6.57. The van der Waals surface area contributed by atoms with Crippen LogP contribution in [0.2, 0.25) is 0 Å². The molecule has 0 aliphatic heterocycles. The standard InChI is InChI=1S/C6H8BrCl/c1-5(7)3-4-6(2)8/h1-4H2. The maximum atomic E-state index is 5.47. The van der Waals surface area contributed by atoms with Crippen molar-refractivity contribution in [2.45, 2.75) is 12.8 Å². The molecule has 0 saturated carbocycles. The summed E-state index contributed by atoms with van der Waals surface area (Å²) < 4.78 is 0.972. The Hall–Kier alpha value is 0.250. The lowest BCUT2D eigenvalue weighted by atomic mass is 10.3. The summed E-state index contributed by atoms with van der Waals surface area (Å²) in [5.41, 5.74) is 0. The molecule has 0 N–H and O–H groups in total. The molecule has 0 aromatic rings. The van der Waals surface area contributed by atoms with Crippen LogP contribution in [0.25, 0.3) is 0 Å². The highest BCUT2D eigenvalue weighted by Crippen LogP contribution is 2.15. The molecule has 0 heterocycles. The van der Waals surface area contributed by atoms with Gasteiger partial charge in [0.1, 0.15) is 0 Å². The van der Waals surface area contributed by atoms with E-state index in [1.807, 2.05) is 0 Å². The summed E-state index contributed by atoms with van der Waals surface area (Å²) in [6, 6.07) is 0. The monoisotopic (exact) mass is 194 g/mol. The van der Waals surface area contributed by atoms with Crippen molar-refractivity contribution in [1.82, 2.24) is 0 Å². The molecule has 0 saturated heterocycles. The molecule has 0 nitrogen and oxygen atoms in total. The zero-order valence-electron chi connectivity index (χ0n) is 4.58. The third-order valence-corrected chi connectivity index (χ3v) is 1.25. The lowest BCUT2D eigenvalue weighted by Gasteiger charge is -1.92. The second-order valence-corrected chi connectivity index (χ2v) is 3.19. The SMILES string of the molecule is C=C(Cl)CCC(=C)Br. The van der Waals surface area contributed by atoms with Gasteiger partial charge in [-0.05, 0) is 17.3 Å². The Morgan fingerprint density at radius 1 is 1.38 bits per heavy atom. The van der Waals surface area contributed by atoms with Gasteiger partial charge < -0.3 is 0 Å². The number of hydrogen-bond acceptors (Lipinski definition) is 0. The molecule has 0 amide bonds. The predicted octanol–water partition coefficient (Wildman–Crippen LogP) is 3.43. The maximum absolute atomic E-state index is 5.47. The van der Waals surface area contributed by atoms with Gasteiger partial charge in [-0.3, -0.25) is 0 Å². The Kier molecular flexibility index (Phi) is 4.29. The maximum Gasteiger partial charge on any atom is 0.0112 e. The summed E-state index contributed by atoms with van der Waals surface area (Å²) in [6.07, 6.45) is 1.69. The largest absolute Gasteiger partial charge is 0.0898 e. The van der Waals surface area contributed by atoms with Crippen molar-refractivity contribution in [3.05, 3.63) is 22.7 Å². The van der Waals surface area contributed by atoms with Gasteiger partial charge in [-0.1, -0.05) is 40.7 Å². The summed E-state index contributed by atoms with van der Waals surface area (Å²) in [4.78, 5) is 0. The van der Waals surface area contributed by atoms with E-state index in [-0.39, 0.29) is 0 Å². The topological polar surface area (TPSA) is 0 Å². The predicted molar refractivity (Wildman–Crippen MR) is 42.3 cm³/mol. The molecule has 0 unspecified atom stereocenters. The molecule has 8 heavy (non-hydrogen) atoms.